The molecule has 0 radical (unpaired) electrons. The number of imide groups is 1. The summed E-state index contributed by atoms with van der Waals surface area (Å²) in [5, 5.41) is 3.09. The average Bonchev–Trinajstić information content (AvgIpc) is 3.04. The number of carbonyl (C=O) groups excluding carboxylic acids is 3. The van der Waals surface area contributed by atoms with E-state index in [9.17, 15) is 14.4 Å². The Bertz CT molecular complexity index is 404. The molecule has 0 aromatic carbocycles. The highest BCUT2D eigenvalue weighted by Gasteiger charge is 2.42. The lowest BCUT2D eigenvalue weighted by Gasteiger charge is -2.22. The number of rotatable bonds is 7. The fraction of sp³-hybridized carbons (Fsp3) is 0.800. The van der Waals surface area contributed by atoms with Gasteiger partial charge in [0.1, 0.15) is 0 Å². The Balaban J connectivity index is 1.73. The average molecular weight is 296 g/mol. The molecule has 1 aliphatic heterocycles. The topological polar surface area (TPSA) is 75.7 Å². The van der Waals surface area contributed by atoms with Gasteiger partial charge in [-0.15, -0.1) is 0 Å². The van der Waals surface area contributed by atoms with Crippen LogP contribution < -0.4 is 5.32 Å². The predicted molar refractivity (Wildman–Crippen MR) is 76.4 cm³/mol. The van der Waals surface area contributed by atoms with Gasteiger partial charge < -0.3 is 10.1 Å². The summed E-state index contributed by atoms with van der Waals surface area (Å²) in [4.78, 5) is 37.0. The normalized spacial score (nSPS) is 23.1. The maximum absolute atomic E-state index is 12.3. The Morgan fingerprint density at radius 2 is 2.05 bits per heavy atom. The van der Waals surface area contributed by atoms with Crippen molar-refractivity contribution in [2.75, 3.05) is 13.2 Å². The van der Waals surface area contributed by atoms with Crippen LogP contribution in [0.15, 0.2) is 0 Å². The number of hydrogen-bond acceptors (Lipinski definition) is 5. The van der Waals surface area contributed by atoms with Crippen molar-refractivity contribution in [1.29, 1.82) is 0 Å². The van der Waals surface area contributed by atoms with Gasteiger partial charge in [-0.2, -0.15) is 0 Å². The molecule has 2 fully saturated rings. The first-order chi connectivity index (χ1) is 10.1. The molecule has 0 aromatic rings. The largest absolute Gasteiger partial charge is 0.466 e. The van der Waals surface area contributed by atoms with Crippen LogP contribution in [0.3, 0.4) is 0 Å². The van der Waals surface area contributed by atoms with Crippen LogP contribution in [0.1, 0.15) is 51.9 Å². The number of ether oxygens (including phenoxy) is 1. The number of hydrogen-bond donors (Lipinski definition) is 1. The van der Waals surface area contributed by atoms with E-state index in [4.69, 9.17) is 4.74 Å². The third-order valence-electron chi connectivity index (χ3n) is 4.13. The van der Waals surface area contributed by atoms with Crippen molar-refractivity contribution < 1.29 is 19.1 Å². The summed E-state index contributed by atoms with van der Waals surface area (Å²) in [5.41, 5.74) is 0. The van der Waals surface area contributed by atoms with Crippen LogP contribution in [0.25, 0.3) is 0 Å². The summed E-state index contributed by atoms with van der Waals surface area (Å²) < 4.78 is 4.84. The molecule has 1 saturated carbocycles. The van der Waals surface area contributed by atoms with Crippen molar-refractivity contribution >= 4 is 17.8 Å². The van der Waals surface area contributed by atoms with E-state index in [0.29, 0.717) is 26.0 Å². The zero-order chi connectivity index (χ0) is 15.2. The number of carbonyl (C=O) groups is 3. The highest BCUT2D eigenvalue weighted by molar-refractivity contribution is 6.05. The predicted octanol–water partition coefficient (Wildman–Crippen LogP) is 0.989. The Kier molecular flexibility index (Phi) is 5.73. The molecule has 1 aliphatic carbocycles. The number of nitrogens with zero attached hydrogens (tertiary/aromatic N) is 1. The minimum atomic E-state index is -0.416. The van der Waals surface area contributed by atoms with Crippen LogP contribution in [-0.4, -0.2) is 47.9 Å². The van der Waals surface area contributed by atoms with Gasteiger partial charge in [-0.25, -0.2) is 0 Å². The highest BCUT2D eigenvalue weighted by Crippen LogP contribution is 2.28. The van der Waals surface area contributed by atoms with Gasteiger partial charge in [-0.1, -0.05) is 12.8 Å². The maximum Gasteiger partial charge on any atom is 0.305 e. The molecule has 6 nitrogen and oxygen atoms in total. The van der Waals surface area contributed by atoms with Gasteiger partial charge in [-0.3, -0.25) is 19.3 Å². The molecular weight excluding hydrogens is 272 g/mol. The standard InChI is InChI=1S/C15H24N2O4/c1-2-21-14(19)8-5-9-16-12-10-13(18)17(15(12)20)11-6-3-4-7-11/h11-12,16H,2-10H2,1H3. The lowest BCUT2D eigenvalue weighted by Crippen LogP contribution is -2.43. The molecule has 1 unspecified atom stereocenters. The van der Waals surface area contributed by atoms with Crippen LogP contribution >= 0.6 is 0 Å². The smallest absolute Gasteiger partial charge is 0.305 e. The maximum atomic E-state index is 12.3. The first-order valence-electron chi connectivity index (χ1n) is 7.88. The molecule has 2 aliphatic rings. The fourth-order valence-electron chi connectivity index (χ4n) is 3.10. The second kappa shape index (κ2) is 7.54. The Labute approximate surface area is 125 Å². The number of nitrogens with one attached hydrogen (secondary N) is 1. The fourth-order valence-corrected chi connectivity index (χ4v) is 3.10. The Hall–Kier alpha value is -1.43. The van der Waals surface area contributed by atoms with Gasteiger partial charge in [-0.05, 0) is 32.7 Å². The molecule has 0 spiro atoms. The molecule has 0 aromatic heterocycles. The van der Waals surface area contributed by atoms with Crippen molar-refractivity contribution in [2.24, 2.45) is 0 Å². The van der Waals surface area contributed by atoms with Crippen molar-refractivity contribution in [1.82, 2.24) is 10.2 Å². The summed E-state index contributed by atoms with van der Waals surface area (Å²) in [7, 11) is 0. The minimum absolute atomic E-state index is 0.0604. The lowest BCUT2D eigenvalue weighted by molar-refractivity contribution is -0.143. The molecule has 1 saturated heterocycles. The van der Waals surface area contributed by atoms with Crippen LogP contribution in [0.5, 0.6) is 0 Å². The van der Waals surface area contributed by atoms with E-state index in [1.54, 1.807) is 6.92 Å². The van der Waals surface area contributed by atoms with Gasteiger partial charge in [0.2, 0.25) is 11.8 Å². The highest BCUT2D eigenvalue weighted by atomic mass is 16.5. The van der Waals surface area contributed by atoms with Gasteiger partial charge >= 0.3 is 5.97 Å². The van der Waals surface area contributed by atoms with E-state index in [2.05, 4.69) is 5.32 Å². The van der Waals surface area contributed by atoms with Crippen molar-refractivity contribution in [3.63, 3.8) is 0 Å². The quantitative estimate of drug-likeness (QED) is 0.431. The van der Waals surface area contributed by atoms with Gasteiger partial charge in [0.05, 0.1) is 19.1 Å². The number of esters is 1. The minimum Gasteiger partial charge on any atom is -0.466 e. The van der Waals surface area contributed by atoms with Crippen LogP contribution in [-0.2, 0) is 19.1 Å². The van der Waals surface area contributed by atoms with E-state index in [-0.39, 0.29) is 30.2 Å². The summed E-state index contributed by atoms with van der Waals surface area (Å²) in [5.74, 6) is -0.376. The first kappa shape index (κ1) is 15.9. The molecular formula is C15H24N2O4. The Morgan fingerprint density at radius 3 is 2.71 bits per heavy atom. The third-order valence-corrected chi connectivity index (χ3v) is 4.13. The molecule has 0 bridgehead atoms. The van der Waals surface area contributed by atoms with Crippen molar-refractivity contribution in [3.8, 4) is 0 Å². The second-order valence-electron chi connectivity index (χ2n) is 5.66. The van der Waals surface area contributed by atoms with Crippen LogP contribution in [0.4, 0.5) is 0 Å². The lowest BCUT2D eigenvalue weighted by atomic mass is 10.2. The number of likely N-dealkylation sites (tertiary alicyclic amines) is 1. The van der Waals surface area contributed by atoms with E-state index >= 15 is 0 Å². The molecule has 21 heavy (non-hydrogen) atoms. The van der Waals surface area contributed by atoms with Gasteiger partial charge in [0.15, 0.2) is 0 Å². The number of amides is 2. The molecule has 1 N–H and O–H groups in total. The summed E-state index contributed by atoms with van der Waals surface area (Å²) in [6.07, 6.45) is 5.26. The van der Waals surface area contributed by atoms with E-state index in [0.717, 1.165) is 25.7 Å². The summed E-state index contributed by atoms with van der Waals surface area (Å²) >= 11 is 0. The van der Waals surface area contributed by atoms with Gasteiger partial charge in [0, 0.05) is 12.5 Å². The van der Waals surface area contributed by atoms with Gasteiger partial charge in [0.25, 0.3) is 0 Å². The van der Waals surface area contributed by atoms with E-state index in [1.165, 1.54) is 4.90 Å². The molecule has 1 atom stereocenters. The molecule has 2 rings (SSSR count). The first-order valence-corrected chi connectivity index (χ1v) is 7.88. The second-order valence-corrected chi connectivity index (χ2v) is 5.66. The zero-order valence-corrected chi connectivity index (χ0v) is 12.6. The van der Waals surface area contributed by atoms with E-state index < -0.39 is 6.04 Å². The summed E-state index contributed by atoms with van der Waals surface area (Å²) in [6, 6.07) is -0.309. The third kappa shape index (κ3) is 4.03. The molecule has 2 amide bonds. The zero-order valence-electron chi connectivity index (χ0n) is 12.6. The van der Waals surface area contributed by atoms with Crippen molar-refractivity contribution in [3.05, 3.63) is 0 Å². The molecule has 118 valence electrons. The SMILES string of the molecule is CCOC(=O)CCCNC1CC(=O)N(C2CCCC2)C1=O. The Morgan fingerprint density at radius 1 is 1.33 bits per heavy atom. The van der Waals surface area contributed by atoms with Crippen LogP contribution in [0.2, 0.25) is 0 Å². The van der Waals surface area contributed by atoms with Crippen LogP contribution in [0, 0.1) is 0 Å². The molecule has 6 heteroatoms. The van der Waals surface area contributed by atoms with Crippen molar-refractivity contribution in [2.45, 2.75) is 64.0 Å². The van der Waals surface area contributed by atoms with E-state index in [1.807, 2.05) is 0 Å². The molecule has 1 heterocycles. The monoisotopic (exact) mass is 296 g/mol. The summed E-state index contributed by atoms with van der Waals surface area (Å²) in [6.45, 7) is 2.70.